The lowest BCUT2D eigenvalue weighted by Gasteiger charge is -2.34. The van der Waals surface area contributed by atoms with Gasteiger partial charge in [0.2, 0.25) is 5.91 Å². The Balaban J connectivity index is 1.62. The molecule has 1 fully saturated rings. The summed E-state index contributed by atoms with van der Waals surface area (Å²) in [6.45, 7) is 7.24. The molecule has 0 aliphatic carbocycles. The highest BCUT2D eigenvalue weighted by molar-refractivity contribution is 7.10. The van der Waals surface area contributed by atoms with Gasteiger partial charge in [0.1, 0.15) is 11.6 Å². The molecular formula is C21H26N4O3S. The van der Waals surface area contributed by atoms with Crippen LogP contribution in [0.1, 0.15) is 39.7 Å². The number of pyridine rings is 1. The fourth-order valence-electron chi connectivity index (χ4n) is 3.74. The van der Waals surface area contributed by atoms with E-state index in [4.69, 9.17) is 4.74 Å². The zero-order valence-corrected chi connectivity index (χ0v) is 17.6. The van der Waals surface area contributed by atoms with Crippen LogP contribution < -0.4 is 10.9 Å². The minimum atomic E-state index is -0.375. The van der Waals surface area contributed by atoms with Gasteiger partial charge in [0.25, 0.3) is 5.56 Å². The van der Waals surface area contributed by atoms with Crippen LogP contribution in [0.5, 0.6) is 0 Å². The highest BCUT2D eigenvalue weighted by Gasteiger charge is 2.24. The first kappa shape index (κ1) is 21.2. The van der Waals surface area contributed by atoms with Crippen LogP contribution in [0.15, 0.2) is 22.3 Å². The van der Waals surface area contributed by atoms with Gasteiger partial charge in [0.05, 0.1) is 19.3 Å². The van der Waals surface area contributed by atoms with Crippen LogP contribution in [0.4, 0.5) is 0 Å². The van der Waals surface area contributed by atoms with Crippen LogP contribution in [-0.2, 0) is 16.0 Å². The number of aromatic nitrogens is 1. The lowest BCUT2D eigenvalue weighted by atomic mass is 9.99. The van der Waals surface area contributed by atoms with Crippen LogP contribution in [0.3, 0.4) is 0 Å². The van der Waals surface area contributed by atoms with E-state index in [1.165, 1.54) is 4.88 Å². The highest BCUT2D eigenvalue weighted by atomic mass is 32.1. The maximum atomic E-state index is 12.5. The largest absolute Gasteiger partial charge is 0.379 e. The Labute approximate surface area is 174 Å². The molecule has 3 rings (SSSR count). The molecule has 1 saturated heterocycles. The SMILES string of the molecule is Cc1[nH]c(=O)c(C#N)c(C)c1CCC(=O)NCC(c1cccs1)N1CCOCC1. The molecule has 1 aliphatic rings. The Kier molecular flexibility index (Phi) is 7.20. The van der Waals surface area contributed by atoms with Gasteiger partial charge in [0.15, 0.2) is 0 Å². The summed E-state index contributed by atoms with van der Waals surface area (Å²) in [5, 5.41) is 14.3. The van der Waals surface area contributed by atoms with E-state index in [1.54, 1.807) is 25.2 Å². The number of carbonyl (C=O) groups excluding carboxylic acids is 1. The van der Waals surface area contributed by atoms with E-state index >= 15 is 0 Å². The zero-order chi connectivity index (χ0) is 20.8. The number of amides is 1. The minimum absolute atomic E-state index is 0.0386. The average molecular weight is 415 g/mol. The van der Waals surface area contributed by atoms with Gasteiger partial charge >= 0.3 is 0 Å². The highest BCUT2D eigenvalue weighted by Crippen LogP contribution is 2.25. The molecule has 3 heterocycles. The van der Waals surface area contributed by atoms with Crippen molar-refractivity contribution in [1.82, 2.24) is 15.2 Å². The Hall–Kier alpha value is -2.47. The van der Waals surface area contributed by atoms with Crippen LogP contribution in [0, 0.1) is 25.2 Å². The van der Waals surface area contributed by atoms with Gasteiger partial charge in [-0.15, -0.1) is 11.3 Å². The number of rotatable bonds is 7. The van der Waals surface area contributed by atoms with E-state index in [1.807, 2.05) is 12.1 Å². The predicted molar refractivity (Wildman–Crippen MR) is 112 cm³/mol. The lowest BCUT2D eigenvalue weighted by molar-refractivity contribution is -0.121. The number of morpholine rings is 1. The number of thiophene rings is 1. The number of hydrogen-bond donors (Lipinski definition) is 2. The third-order valence-electron chi connectivity index (χ3n) is 5.37. The average Bonchev–Trinajstić information content (AvgIpc) is 3.23. The van der Waals surface area contributed by atoms with Gasteiger partial charge < -0.3 is 15.0 Å². The molecule has 1 unspecified atom stereocenters. The van der Waals surface area contributed by atoms with Crippen LogP contribution in [-0.4, -0.2) is 48.6 Å². The standard InChI is InChI=1S/C21H26N4O3S/c1-14-16(15(2)24-21(27)17(14)12-22)5-6-20(26)23-13-18(19-4-3-11-29-19)25-7-9-28-10-8-25/h3-4,11,18H,5-10,13H2,1-2H3,(H,23,26)(H,24,27). The molecule has 29 heavy (non-hydrogen) atoms. The van der Waals surface area contributed by atoms with Crippen LogP contribution in [0.25, 0.3) is 0 Å². The molecule has 0 bridgehead atoms. The number of ether oxygens (including phenoxy) is 1. The van der Waals surface area contributed by atoms with Gasteiger partial charge in [-0.2, -0.15) is 5.26 Å². The molecule has 2 aromatic heterocycles. The number of aromatic amines is 1. The van der Waals surface area contributed by atoms with E-state index < -0.39 is 0 Å². The fourth-order valence-corrected chi connectivity index (χ4v) is 4.60. The monoisotopic (exact) mass is 414 g/mol. The molecule has 2 N–H and O–H groups in total. The van der Waals surface area contributed by atoms with Crippen molar-refractivity contribution < 1.29 is 9.53 Å². The third-order valence-corrected chi connectivity index (χ3v) is 6.35. The molecule has 154 valence electrons. The number of nitrogens with zero attached hydrogens (tertiary/aromatic N) is 2. The summed E-state index contributed by atoms with van der Waals surface area (Å²) < 4.78 is 5.46. The van der Waals surface area contributed by atoms with Crippen molar-refractivity contribution in [2.75, 3.05) is 32.8 Å². The Bertz CT molecular complexity index is 940. The second-order valence-corrected chi connectivity index (χ2v) is 8.13. The van der Waals surface area contributed by atoms with E-state index in [2.05, 4.69) is 26.6 Å². The van der Waals surface area contributed by atoms with E-state index in [-0.39, 0.29) is 23.1 Å². The minimum Gasteiger partial charge on any atom is -0.379 e. The Morgan fingerprint density at radius 3 is 2.83 bits per heavy atom. The Morgan fingerprint density at radius 2 is 2.17 bits per heavy atom. The first-order valence-electron chi connectivity index (χ1n) is 9.75. The second kappa shape index (κ2) is 9.83. The normalized spacial score (nSPS) is 15.6. The van der Waals surface area contributed by atoms with Gasteiger partial charge in [-0.3, -0.25) is 14.5 Å². The molecule has 0 spiro atoms. The van der Waals surface area contributed by atoms with Crippen molar-refractivity contribution in [2.45, 2.75) is 32.7 Å². The zero-order valence-electron chi connectivity index (χ0n) is 16.8. The van der Waals surface area contributed by atoms with Gasteiger partial charge in [-0.25, -0.2) is 0 Å². The molecule has 0 aromatic carbocycles. The summed E-state index contributed by atoms with van der Waals surface area (Å²) in [5.74, 6) is -0.0386. The molecular weight excluding hydrogens is 388 g/mol. The maximum Gasteiger partial charge on any atom is 0.266 e. The number of aryl methyl sites for hydroxylation is 1. The molecule has 1 amide bonds. The summed E-state index contributed by atoms with van der Waals surface area (Å²) in [7, 11) is 0. The van der Waals surface area contributed by atoms with Crippen molar-refractivity contribution in [1.29, 1.82) is 5.26 Å². The lowest BCUT2D eigenvalue weighted by Crippen LogP contribution is -2.43. The summed E-state index contributed by atoms with van der Waals surface area (Å²) >= 11 is 1.70. The maximum absolute atomic E-state index is 12.5. The first-order valence-corrected chi connectivity index (χ1v) is 10.6. The molecule has 8 heteroatoms. The molecule has 2 aromatic rings. The summed E-state index contributed by atoms with van der Waals surface area (Å²) in [5.41, 5.74) is 1.98. The van der Waals surface area contributed by atoms with Crippen molar-refractivity contribution >= 4 is 17.2 Å². The van der Waals surface area contributed by atoms with Gasteiger partial charge in [0, 0.05) is 36.6 Å². The smallest absolute Gasteiger partial charge is 0.266 e. The summed E-state index contributed by atoms with van der Waals surface area (Å²) in [4.78, 5) is 30.7. The quantitative estimate of drug-likeness (QED) is 0.723. The number of H-pyrrole nitrogens is 1. The number of carbonyl (C=O) groups is 1. The Morgan fingerprint density at radius 1 is 1.41 bits per heavy atom. The third kappa shape index (κ3) is 5.12. The van der Waals surface area contributed by atoms with Crippen molar-refractivity contribution in [3.63, 3.8) is 0 Å². The van der Waals surface area contributed by atoms with Crippen LogP contribution in [0.2, 0.25) is 0 Å². The molecule has 0 saturated carbocycles. The number of hydrogen-bond acceptors (Lipinski definition) is 6. The molecule has 7 nitrogen and oxygen atoms in total. The fraction of sp³-hybridized carbons (Fsp3) is 0.476. The first-order chi connectivity index (χ1) is 14.0. The molecule has 1 aliphatic heterocycles. The van der Waals surface area contributed by atoms with Gasteiger partial charge in [-0.05, 0) is 42.8 Å². The van der Waals surface area contributed by atoms with Gasteiger partial charge in [-0.1, -0.05) is 6.07 Å². The summed E-state index contributed by atoms with van der Waals surface area (Å²) in [6.07, 6.45) is 0.787. The second-order valence-electron chi connectivity index (χ2n) is 7.15. The van der Waals surface area contributed by atoms with Crippen molar-refractivity contribution in [3.05, 3.63) is 55.1 Å². The molecule has 0 radical (unpaired) electrons. The van der Waals surface area contributed by atoms with E-state index in [0.29, 0.717) is 43.9 Å². The van der Waals surface area contributed by atoms with E-state index in [0.717, 1.165) is 18.7 Å². The number of nitrogens with one attached hydrogen (secondary N) is 2. The summed E-state index contributed by atoms with van der Waals surface area (Å²) in [6, 6.07) is 6.23. The van der Waals surface area contributed by atoms with E-state index in [9.17, 15) is 14.9 Å². The van der Waals surface area contributed by atoms with Crippen molar-refractivity contribution in [3.8, 4) is 6.07 Å². The predicted octanol–water partition coefficient (Wildman–Crippen LogP) is 2.05. The topological polar surface area (TPSA) is 98.2 Å². The van der Waals surface area contributed by atoms with Crippen molar-refractivity contribution in [2.24, 2.45) is 0 Å². The number of nitriles is 1. The van der Waals surface area contributed by atoms with Crippen LogP contribution >= 0.6 is 11.3 Å². The molecule has 1 atom stereocenters.